The minimum Gasteiger partial charge on any atom is -0.455 e. The van der Waals surface area contributed by atoms with Crippen LogP contribution in [0, 0.1) is 20.2 Å². The summed E-state index contributed by atoms with van der Waals surface area (Å²) in [6, 6.07) is 17.3. The lowest BCUT2D eigenvalue weighted by Crippen LogP contribution is -2.26. The van der Waals surface area contributed by atoms with Crippen LogP contribution in [0.25, 0.3) is 0 Å². The van der Waals surface area contributed by atoms with E-state index in [0.717, 1.165) is 0 Å². The maximum atomic E-state index is 11.2. The van der Waals surface area contributed by atoms with Crippen LogP contribution in [-0.2, 0) is 4.12 Å². The van der Waals surface area contributed by atoms with Gasteiger partial charge in [0.2, 0.25) is 30.9 Å². The van der Waals surface area contributed by atoms with Crippen molar-refractivity contribution in [2.75, 3.05) is 0 Å². The normalized spacial score (nSPS) is 14.3. The molecular weight excluding hydrogens is 332 g/mol. The Hall–Kier alpha value is -2.37. The minimum atomic E-state index is -1.54. The van der Waals surface area contributed by atoms with Gasteiger partial charge >= 0.3 is 0 Å². The predicted molar refractivity (Wildman–Crippen MR) is 90.5 cm³/mol. The van der Waals surface area contributed by atoms with Crippen LogP contribution in [0.1, 0.15) is 22.5 Å². The fourth-order valence-electron chi connectivity index (χ4n) is 2.20. The summed E-state index contributed by atoms with van der Waals surface area (Å²) in [4.78, 5) is 21.7. The molecule has 0 aliphatic rings. The molecule has 7 nitrogen and oxygen atoms in total. The second-order valence-electron chi connectivity index (χ2n) is 4.96. The molecule has 0 amide bonds. The average molecular weight is 348 g/mol. The highest BCUT2D eigenvalue weighted by Crippen LogP contribution is 2.18. The SMILES string of the molecule is O=[N+]([O-])C([SiH2]O[SiH2]C(c1ccccc1)[N+](=O)[O-])c1ccccc1. The largest absolute Gasteiger partial charge is 0.455 e. The van der Waals surface area contributed by atoms with Crippen molar-refractivity contribution < 1.29 is 14.0 Å². The molecule has 120 valence electrons. The summed E-state index contributed by atoms with van der Waals surface area (Å²) in [5.74, 6) is 0. The number of nitro groups is 2. The summed E-state index contributed by atoms with van der Waals surface area (Å²) in [6.07, 6.45) is 0. The molecule has 0 aliphatic carbocycles. The average Bonchev–Trinajstić information content (AvgIpc) is 2.56. The van der Waals surface area contributed by atoms with Gasteiger partial charge in [-0.15, -0.1) is 0 Å². The first-order valence-electron chi connectivity index (χ1n) is 7.04. The van der Waals surface area contributed by atoms with E-state index in [9.17, 15) is 20.2 Å². The van der Waals surface area contributed by atoms with Gasteiger partial charge in [0, 0.05) is 21.0 Å². The minimum absolute atomic E-state index is 0.361. The molecule has 0 saturated heterocycles. The van der Waals surface area contributed by atoms with Gasteiger partial charge in [0.15, 0.2) is 0 Å². The van der Waals surface area contributed by atoms with Crippen molar-refractivity contribution in [2.45, 2.75) is 11.3 Å². The lowest BCUT2D eigenvalue weighted by molar-refractivity contribution is -0.508. The molecular formula is C14H16N2O5Si2. The molecule has 2 rings (SSSR count). The zero-order valence-corrected chi connectivity index (χ0v) is 15.1. The van der Waals surface area contributed by atoms with Crippen molar-refractivity contribution in [1.29, 1.82) is 0 Å². The first kappa shape index (κ1) is 17.0. The number of benzene rings is 2. The summed E-state index contributed by atoms with van der Waals surface area (Å²) in [5, 5.41) is 22.4. The summed E-state index contributed by atoms with van der Waals surface area (Å²) in [7, 11) is -3.08. The first-order valence-corrected chi connectivity index (χ1v) is 9.83. The number of hydrogen-bond acceptors (Lipinski definition) is 5. The van der Waals surface area contributed by atoms with Crippen molar-refractivity contribution >= 4 is 19.5 Å². The van der Waals surface area contributed by atoms with Crippen LogP contribution in [-0.4, -0.2) is 29.4 Å². The molecule has 0 radical (unpaired) electrons. The van der Waals surface area contributed by atoms with Crippen LogP contribution in [0.3, 0.4) is 0 Å². The van der Waals surface area contributed by atoms with E-state index in [4.69, 9.17) is 4.12 Å². The van der Waals surface area contributed by atoms with Crippen molar-refractivity contribution in [3.63, 3.8) is 0 Å². The van der Waals surface area contributed by atoms with Gasteiger partial charge in [0.25, 0.3) is 0 Å². The molecule has 0 aliphatic heterocycles. The number of hydrogen-bond donors (Lipinski definition) is 0. The second kappa shape index (κ2) is 8.31. The smallest absolute Gasteiger partial charge is 0.240 e. The van der Waals surface area contributed by atoms with Crippen LogP contribution in [0.4, 0.5) is 0 Å². The molecule has 2 atom stereocenters. The van der Waals surface area contributed by atoms with E-state index in [2.05, 4.69) is 0 Å². The van der Waals surface area contributed by atoms with E-state index in [0.29, 0.717) is 11.1 Å². The van der Waals surface area contributed by atoms with Gasteiger partial charge < -0.3 is 4.12 Å². The van der Waals surface area contributed by atoms with E-state index >= 15 is 0 Å². The van der Waals surface area contributed by atoms with Crippen molar-refractivity contribution in [2.24, 2.45) is 0 Å². The molecule has 0 N–H and O–H groups in total. The lowest BCUT2D eigenvalue weighted by Gasteiger charge is -2.12. The summed E-state index contributed by atoms with van der Waals surface area (Å²) < 4.78 is 5.58. The van der Waals surface area contributed by atoms with Gasteiger partial charge in [-0.2, -0.15) is 0 Å². The highest BCUT2D eigenvalue weighted by molar-refractivity contribution is 6.44. The third-order valence-corrected chi connectivity index (χ3v) is 7.49. The van der Waals surface area contributed by atoms with E-state index in [-0.39, 0.29) is 9.85 Å². The van der Waals surface area contributed by atoms with Crippen LogP contribution in [0.15, 0.2) is 60.7 Å². The molecule has 0 aromatic heterocycles. The fourth-order valence-corrected chi connectivity index (χ4v) is 5.70. The molecule has 0 bridgehead atoms. The lowest BCUT2D eigenvalue weighted by atomic mass is 10.2. The van der Waals surface area contributed by atoms with E-state index in [1.54, 1.807) is 60.7 Å². The fraction of sp³-hybridized carbons (Fsp3) is 0.143. The maximum Gasteiger partial charge on any atom is 0.240 e. The van der Waals surface area contributed by atoms with Gasteiger partial charge in [-0.3, -0.25) is 20.2 Å². The Kier molecular flexibility index (Phi) is 6.14. The third-order valence-electron chi connectivity index (χ3n) is 3.43. The number of nitrogens with zero attached hydrogens (tertiary/aromatic N) is 2. The summed E-state index contributed by atoms with van der Waals surface area (Å²) >= 11 is 0. The van der Waals surface area contributed by atoms with Crippen molar-refractivity contribution in [3.05, 3.63) is 92.0 Å². The first-order chi connectivity index (χ1) is 11.1. The van der Waals surface area contributed by atoms with Crippen LogP contribution >= 0.6 is 0 Å². The zero-order chi connectivity index (χ0) is 16.7. The van der Waals surface area contributed by atoms with Crippen molar-refractivity contribution in [1.82, 2.24) is 0 Å². The maximum absolute atomic E-state index is 11.2. The Bertz CT molecular complexity index is 599. The molecule has 0 fully saturated rings. The molecule has 2 aromatic rings. The molecule has 0 heterocycles. The van der Waals surface area contributed by atoms with Crippen LogP contribution in [0.5, 0.6) is 0 Å². The Morgan fingerprint density at radius 2 is 1.09 bits per heavy atom. The number of rotatable bonds is 8. The van der Waals surface area contributed by atoms with E-state index in [1.165, 1.54) is 0 Å². The monoisotopic (exact) mass is 348 g/mol. The molecule has 0 saturated carbocycles. The van der Waals surface area contributed by atoms with Gasteiger partial charge in [0.1, 0.15) is 0 Å². The Morgan fingerprint density at radius 1 is 0.739 bits per heavy atom. The molecule has 2 unspecified atom stereocenters. The van der Waals surface area contributed by atoms with E-state index in [1.807, 2.05) is 0 Å². The van der Waals surface area contributed by atoms with E-state index < -0.39 is 30.9 Å². The second-order valence-corrected chi connectivity index (χ2v) is 8.81. The standard InChI is InChI=1S/C14H16N2O5Si2/c17-15(18)13(11-7-3-1-4-8-11)22-21-23-14(16(19)20)12-9-5-2-6-10-12/h1-10,13-14H,22-23H2. The zero-order valence-electron chi connectivity index (χ0n) is 12.3. The van der Waals surface area contributed by atoms with Crippen LogP contribution < -0.4 is 0 Å². The highest BCUT2D eigenvalue weighted by atomic mass is 28.3. The molecule has 0 spiro atoms. The highest BCUT2D eigenvalue weighted by Gasteiger charge is 2.28. The van der Waals surface area contributed by atoms with Gasteiger partial charge in [-0.25, -0.2) is 0 Å². The summed E-state index contributed by atoms with van der Waals surface area (Å²) in [6.45, 7) is 0. The Balaban J connectivity index is 2.01. The van der Waals surface area contributed by atoms with Gasteiger partial charge in [0.05, 0.1) is 0 Å². The topological polar surface area (TPSA) is 95.5 Å². The van der Waals surface area contributed by atoms with Crippen LogP contribution in [0.2, 0.25) is 0 Å². The third kappa shape index (κ3) is 4.81. The summed E-state index contributed by atoms with van der Waals surface area (Å²) in [5.41, 5.74) is -0.551. The van der Waals surface area contributed by atoms with Crippen molar-refractivity contribution in [3.8, 4) is 0 Å². The molecule has 9 heteroatoms. The Labute approximate surface area is 137 Å². The quantitative estimate of drug-likeness (QED) is 0.405. The van der Waals surface area contributed by atoms with Gasteiger partial charge in [-0.05, 0) is 0 Å². The van der Waals surface area contributed by atoms with Gasteiger partial charge in [-0.1, -0.05) is 60.7 Å². The molecule has 23 heavy (non-hydrogen) atoms. The molecule has 2 aromatic carbocycles. The predicted octanol–water partition coefficient (Wildman–Crippen LogP) is 1.12. The Morgan fingerprint density at radius 3 is 1.39 bits per heavy atom.